The summed E-state index contributed by atoms with van der Waals surface area (Å²) in [6.45, 7) is 1.55. The summed E-state index contributed by atoms with van der Waals surface area (Å²) < 4.78 is 0. The van der Waals surface area contributed by atoms with Gasteiger partial charge in [-0.2, -0.15) is 0 Å². The molecule has 2 fully saturated rings. The average Bonchev–Trinajstić information content (AvgIpc) is 2.83. The summed E-state index contributed by atoms with van der Waals surface area (Å²) in [5, 5.41) is 57.0. The summed E-state index contributed by atoms with van der Waals surface area (Å²) in [7, 11) is 0. The minimum atomic E-state index is -2.25. The first kappa shape index (κ1) is 12.2. The smallest absolute Gasteiger partial charge is 0.196 e. The molecule has 0 amide bonds. The van der Waals surface area contributed by atoms with Crippen LogP contribution in [0.2, 0.25) is 0 Å². The molecule has 3 atom stereocenters. The number of hydrogen-bond acceptors (Lipinski definition) is 6. The van der Waals surface area contributed by atoms with Crippen LogP contribution in [0.4, 0.5) is 0 Å². The average molecular weight is 234 g/mol. The van der Waals surface area contributed by atoms with Crippen LogP contribution in [0.1, 0.15) is 32.6 Å². The Morgan fingerprint density at radius 1 is 1.00 bits per heavy atom. The predicted molar refractivity (Wildman–Crippen MR) is 51.9 cm³/mol. The SMILES string of the molecule is CC(O)CCC1(C2(O)CC2(O)O)CC1(O)O. The van der Waals surface area contributed by atoms with Crippen LogP contribution >= 0.6 is 0 Å². The van der Waals surface area contributed by atoms with Gasteiger partial charge in [-0.15, -0.1) is 0 Å². The maximum Gasteiger partial charge on any atom is 0.196 e. The van der Waals surface area contributed by atoms with Gasteiger partial charge in [-0.1, -0.05) is 0 Å². The topological polar surface area (TPSA) is 121 Å². The molecule has 0 aromatic heterocycles. The number of rotatable bonds is 4. The maximum absolute atomic E-state index is 9.99. The van der Waals surface area contributed by atoms with Gasteiger partial charge in [-0.25, -0.2) is 0 Å². The van der Waals surface area contributed by atoms with E-state index < -0.39 is 28.7 Å². The summed E-state index contributed by atoms with van der Waals surface area (Å²) in [4.78, 5) is 0. The van der Waals surface area contributed by atoms with Crippen LogP contribution < -0.4 is 0 Å². The quantitative estimate of drug-likeness (QED) is 0.314. The Bertz CT molecular complexity index is 312. The second-order valence-electron chi connectivity index (χ2n) is 5.32. The Kier molecular flexibility index (Phi) is 2.26. The van der Waals surface area contributed by atoms with Gasteiger partial charge in [0, 0.05) is 12.8 Å². The Hall–Kier alpha value is -0.240. The summed E-state index contributed by atoms with van der Waals surface area (Å²) in [5.41, 5.74) is -3.21. The van der Waals surface area contributed by atoms with Crippen molar-refractivity contribution in [3.05, 3.63) is 0 Å². The monoisotopic (exact) mass is 234 g/mol. The van der Waals surface area contributed by atoms with Crippen molar-refractivity contribution in [2.45, 2.75) is 55.9 Å². The molecule has 6 nitrogen and oxygen atoms in total. The third-order valence-electron chi connectivity index (χ3n) is 4.01. The molecule has 16 heavy (non-hydrogen) atoms. The molecule has 0 saturated heterocycles. The molecule has 3 unspecified atom stereocenters. The molecule has 6 heteroatoms. The lowest BCUT2D eigenvalue weighted by Gasteiger charge is -2.26. The highest BCUT2D eigenvalue weighted by Crippen LogP contribution is 2.73. The molecule has 2 rings (SSSR count). The molecule has 0 radical (unpaired) electrons. The molecule has 2 aliphatic carbocycles. The minimum Gasteiger partial charge on any atom is -0.393 e. The standard InChI is InChI=1S/C10H18O6/c1-6(11)2-3-7(4-9(7,13)14)8(12)5-10(8,15)16/h6,11-16H,2-5H2,1H3. The molecule has 0 bridgehead atoms. The second kappa shape index (κ2) is 2.95. The third kappa shape index (κ3) is 1.35. The highest BCUT2D eigenvalue weighted by molar-refractivity contribution is 5.31. The highest BCUT2D eigenvalue weighted by atomic mass is 16.6. The van der Waals surface area contributed by atoms with E-state index in [1.165, 1.54) is 0 Å². The molecular formula is C10H18O6. The van der Waals surface area contributed by atoms with Crippen molar-refractivity contribution >= 4 is 0 Å². The second-order valence-corrected chi connectivity index (χ2v) is 5.32. The van der Waals surface area contributed by atoms with Crippen molar-refractivity contribution in [2.24, 2.45) is 5.41 Å². The van der Waals surface area contributed by atoms with Crippen LogP contribution in [0.15, 0.2) is 0 Å². The molecule has 0 heterocycles. The first-order valence-corrected chi connectivity index (χ1v) is 5.38. The molecule has 94 valence electrons. The van der Waals surface area contributed by atoms with E-state index in [1.807, 2.05) is 0 Å². The zero-order valence-electron chi connectivity index (χ0n) is 9.09. The summed E-state index contributed by atoms with van der Waals surface area (Å²) in [6.07, 6.45) is -0.630. The summed E-state index contributed by atoms with van der Waals surface area (Å²) in [6, 6.07) is 0. The van der Waals surface area contributed by atoms with Gasteiger partial charge in [0.1, 0.15) is 5.60 Å². The van der Waals surface area contributed by atoms with Crippen LogP contribution in [-0.2, 0) is 0 Å². The van der Waals surface area contributed by atoms with Crippen molar-refractivity contribution in [3.8, 4) is 0 Å². The molecule has 6 N–H and O–H groups in total. The van der Waals surface area contributed by atoms with Gasteiger partial charge in [0.05, 0.1) is 11.5 Å². The van der Waals surface area contributed by atoms with Gasteiger partial charge >= 0.3 is 0 Å². The summed E-state index contributed by atoms with van der Waals surface area (Å²) >= 11 is 0. The van der Waals surface area contributed by atoms with Gasteiger partial charge < -0.3 is 30.6 Å². The Morgan fingerprint density at radius 2 is 1.44 bits per heavy atom. The molecular weight excluding hydrogens is 216 g/mol. The third-order valence-corrected chi connectivity index (χ3v) is 4.01. The van der Waals surface area contributed by atoms with Gasteiger partial charge in [-0.05, 0) is 19.8 Å². The van der Waals surface area contributed by atoms with Crippen molar-refractivity contribution in [3.63, 3.8) is 0 Å². The Balaban J connectivity index is 2.15. The van der Waals surface area contributed by atoms with Crippen molar-refractivity contribution in [1.82, 2.24) is 0 Å². The first-order chi connectivity index (χ1) is 7.08. The number of aliphatic hydroxyl groups is 6. The highest BCUT2D eigenvalue weighted by Gasteiger charge is 2.88. The fraction of sp³-hybridized carbons (Fsp3) is 1.00. The van der Waals surface area contributed by atoms with Gasteiger partial charge in [0.15, 0.2) is 11.6 Å². The van der Waals surface area contributed by atoms with E-state index in [2.05, 4.69) is 0 Å². The van der Waals surface area contributed by atoms with Crippen LogP contribution in [0.25, 0.3) is 0 Å². The zero-order chi connectivity index (χ0) is 12.4. The molecule has 0 aromatic carbocycles. The van der Waals surface area contributed by atoms with E-state index in [-0.39, 0.29) is 25.7 Å². The zero-order valence-corrected chi connectivity index (χ0v) is 9.09. The van der Waals surface area contributed by atoms with Crippen LogP contribution in [-0.4, -0.2) is 53.9 Å². The van der Waals surface area contributed by atoms with E-state index in [1.54, 1.807) is 6.92 Å². The molecule has 0 spiro atoms. The molecule has 2 saturated carbocycles. The first-order valence-electron chi connectivity index (χ1n) is 5.38. The minimum absolute atomic E-state index is 0.105. The van der Waals surface area contributed by atoms with Crippen molar-refractivity contribution in [1.29, 1.82) is 0 Å². The molecule has 0 aromatic rings. The van der Waals surface area contributed by atoms with Gasteiger partial charge in [0.2, 0.25) is 0 Å². The fourth-order valence-corrected chi connectivity index (χ4v) is 2.67. The van der Waals surface area contributed by atoms with Gasteiger partial charge in [-0.3, -0.25) is 0 Å². The summed E-state index contributed by atoms with van der Waals surface area (Å²) in [5.74, 6) is -4.33. The van der Waals surface area contributed by atoms with Crippen LogP contribution in [0.5, 0.6) is 0 Å². The predicted octanol–water partition coefficient (Wildman–Crippen LogP) is -1.97. The van der Waals surface area contributed by atoms with E-state index in [9.17, 15) is 25.5 Å². The van der Waals surface area contributed by atoms with Crippen LogP contribution in [0.3, 0.4) is 0 Å². The van der Waals surface area contributed by atoms with E-state index in [4.69, 9.17) is 5.11 Å². The lowest BCUT2D eigenvalue weighted by Crippen LogP contribution is -2.41. The molecule has 2 aliphatic rings. The van der Waals surface area contributed by atoms with E-state index in [0.29, 0.717) is 0 Å². The lowest BCUT2D eigenvalue weighted by atomic mass is 9.88. The maximum atomic E-state index is 9.99. The normalized spacial score (nSPS) is 45.2. The van der Waals surface area contributed by atoms with Crippen LogP contribution in [0, 0.1) is 5.41 Å². The van der Waals surface area contributed by atoms with Crippen molar-refractivity contribution < 1.29 is 30.6 Å². The number of hydrogen-bond donors (Lipinski definition) is 6. The van der Waals surface area contributed by atoms with Gasteiger partial charge in [0.25, 0.3) is 0 Å². The Labute approximate surface area is 92.8 Å². The van der Waals surface area contributed by atoms with E-state index >= 15 is 0 Å². The fourth-order valence-electron chi connectivity index (χ4n) is 2.67. The number of aliphatic hydroxyl groups excluding tert-OH is 1. The molecule has 0 aliphatic heterocycles. The van der Waals surface area contributed by atoms with Crippen molar-refractivity contribution in [2.75, 3.05) is 0 Å². The lowest BCUT2D eigenvalue weighted by molar-refractivity contribution is -0.191. The van der Waals surface area contributed by atoms with E-state index in [0.717, 1.165) is 0 Å². The largest absolute Gasteiger partial charge is 0.393 e. The Morgan fingerprint density at radius 3 is 1.69 bits per heavy atom.